The van der Waals surface area contributed by atoms with Crippen molar-refractivity contribution in [2.24, 2.45) is 0 Å². The van der Waals surface area contributed by atoms with Crippen molar-refractivity contribution in [2.75, 3.05) is 6.61 Å². The van der Waals surface area contributed by atoms with E-state index in [9.17, 15) is 4.79 Å². The predicted octanol–water partition coefficient (Wildman–Crippen LogP) is 2.23. The molecule has 0 fully saturated rings. The molecule has 0 aliphatic heterocycles. The van der Waals surface area contributed by atoms with Gasteiger partial charge in [0.15, 0.2) is 0 Å². The first-order valence-corrected chi connectivity index (χ1v) is 5.67. The van der Waals surface area contributed by atoms with Crippen molar-refractivity contribution in [1.29, 1.82) is 0 Å². The lowest BCUT2D eigenvalue weighted by molar-refractivity contribution is 0.0947. The van der Waals surface area contributed by atoms with Crippen molar-refractivity contribution >= 4 is 5.91 Å². The van der Waals surface area contributed by atoms with Crippen molar-refractivity contribution in [1.82, 2.24) is 5.32 Å². The predicted molar refractivity (Wildman–Crippen MR) is 68.0 cm³/mol. The molecule has 1 amide bonds. The number of ether oxygens (including phenoxy) is 1. The largest absolute Gasteiger partial charge is 0.494 e. The van der Waals surface area contributed by atoms with E-state index in [4.69, 9.17) is 11.2 Å². The molecular weight excluding hydrogens is 214 g/mol. The molecule has 1 rings (SSSR count). The van der Waals surface area contributed by atoms with Gasteiger partial charge in [0.1, 0.15) is 5.75 Å². The molecule has 0 saturated heterocycles. The van der Waals surface area contributed by atoms with Gasteiger partial charge in [0.2, 0.25) is 0 Å². The van der Waals surface area contributed by atoms with Gasteiger partial charge >= 0.3 is 0 Å². The molecule has 1 aromatic carbocycles. The molecule has 0 bridgehead atoms. The van der Waals surface area contributed by atoms with Gasteiger partial charge in [-0.2, -0.15) is 0 Å². The van der Waals surface area contributed by atoms with Crippen molar-refractivity contribution < 1.29 is 9.53 Å². The first kappa shape index (κ1) is 13.1. The number of hydrogen-bond acceptors (Lipinski definition) is 2. The lowest BCUT2D eigenvalue weighted by atomic mass is 10.2. The second-order valence-electron chi connectivity index (χ2n) is 3.74. The third-order valence-electron chi connectivity index (χ3n) is 2.17. The summed E-state index contributed by atoms with van der Waals surface area (Å²) in [6.45, 7) is 4.44. The van der Waals surface area contributed by atoms with Crippen molar-refractivity contribution in [2.45, 2.75) is 26.3 Å². The highest BCUT2D eigenvalue weighted by atomic mass is 16.5. The summed E-state index contributed by atoms with van der Waals surface area (Å²) in [4.78, 5) is 11.8. The molecule has 0 aliphatic carbocycles. The number of carbonyl (C=O) groups excluding carboxylic acids is 1. The van der Waals surface area contributed by atoms with Gasteiger partial charge in [-0.1, -0.05) is 18.9 Å². The molecule has 90 valence electrons. The molecule has 0 saturated carbocycles. The van der Waals surface area contributed by atoms with E-state index >= 15 is 0 Å². The molecule has 0 aromatic heterocycles. The maximum atomic E-state index is 11.8. The van der Waals surface area contributed by atoms with Crippen LogP contribution in [0.25, 0.3) is 0 Å². The molecular formula is C14H17NO2. The molecule has 0 heterocycles. The van der Waals surface area contributed by atoms with E-state index in [0.717, 1.165) is 6.42 Å². The zero-order chi connectivity index (χ0) is 12.7. The molecule has 0 radical (unpaired) electrons. The molecule has 3 nitrogen and oxygen atoms in total. The lowest BCUT2D eigenvalue weighted by Gasteiger charge is -2.09. The summed E-state index contributed by atoms with van der Waals surface area (Å²) in [5.74, 6) is 2.97. The zero-order valence-corrected chi connectivity index (χ0v) is 10.2. The van der Waals surface area contributed by atoms with E-state index in [1.807, 2.05) is 13.0 Å². The van der Waals surface area contributed by atoms with Crippen LogP contribution < -0.4 is 10.1 Å². The van der Waals surface area contributed by atoms with Gasteiger partial charge in [0.05, 0.1) is 12.6 Å². The summed E-state index contributed by atoms with van der Waals surface area (Å²) in [7, 11) is 0. The van der Waals surface area contributed by atoms with Crippen molar-refractivity contribution in [3.8, 4) is 18.1 Å². The average molecular weight is 231 g/mol. The minimum Gasteiger partial charge on any atom is -0.494 e. The van der Waals surface area contributed by atoms with E-state index in [1.165, 1.54) is 0 Å². The molecule has 1 atom stereocenters. The van der Waals surface area contributed by atoms with Crippen LogP contribution in [-0.4, -0.2) is 18.6 Å². The third-order valence-corrected chi connectivity index (χ3v) is 2.17. The van der Waals surface area contributed by atoms with Crippen LogP contribution in [0.4, 0.5) is 0 Å². The van der Waals surface area contributed by atoms with Crippen LogP contribution in [0.15, 0.2) is 24.3 Å². The fourth-order valence-corrected chi connectivity index (χ4v) is 1.27. The Hall–Kier alpha value is -1.95. The minimum atomic E-state index is -0.275. The van der Waals surface area contributed by atoms with Crippen LogP contribution in [0.5, 0.6) is 5.75 Å². The van der Waals surface area contributed by atoms with E-state index < -0.39 is 0 Å². The Bertz CT molecular complexity index is 420. The Labute approximate surface area is 102 Å². The van der Waals surface area contributed by atoms with Gasteiger partial charge in [0.25, 0.3) is 5.91 Å². The second kappa shape index (κ2) is 6.59. The highest BCUT2D eigenvalue weighted by molar-refractivity contribution is 5.94. The van der Waals surface area contributed by atoms with Gasteiger partial charge in [0, 0.05) is 5.56 Å². The molecule has 0 aliphatic rings. The first-order valence-electron chi connectivity index (χ1n) is 5.67. The van der Waals surface area contributed by atoms with Crippen molar-refractivity contribution in [3.05, 3.63) is 29.8 Å². The second-order valence-corrected chi connectivity index (χ2v) is 3.74. The number of carbonyl (C=O) groups is 1. The first-order chi connectivity index (χ1) is 8.17. The normalized spacial score (nSPS) is 11.4. The number of amides is 1. The van der Waals surface area contributed by atoms with Crippen LogP contribution in [-0.2, 0) is 0 Å². The summed E-state index contributed by atoms with van der Waals surface area (Å²) in [5.41, 5.74) is 0.556. The SMILES string of the molecule is C#CC(C)NC(=O)c1cccc(OCCC)c1. The van der Waals surface area contributed by atoms with Crippen molar-refractivity contribution in [3.63, 3.8) is 0 Å². The van der Waals surface area contributed by atoms with Gasteiger partial charge in [-0.25, -0.2) is 0 Å². The standard InChI is InChI=1S/C14H17NO2/c1-4-9-17-13-8-6-7-12(10-13)14(16)15-11(3)5-2/h2,6-8,10-11H,4,9H2,1,3H3,(H,15,16). The molecule has 1 N–H and O–H groups in total. The monoisotopic (exact) mass is 231 g/mol. The number of rotatable bonds is 5. The highest BCUT2D eigenvalue weighted by Crippen LogP contribution is 2.13. The topological polar surface area (TPSA) is 38.3 Å². The summed E-state index contributed by atoms with van der Waals surface area (Å²) in [5, 5.41) is 2.70. The smallest absolute Gasteiger partial charge is 0.252 e. The summed E-state index contributed by atoms with van der Waals surface area (Å²) in [6, 6.07) is 6.80. The van der Waals surface area contributed by atoms with Crippen LogP contribution >= 0.6 is 0 Å². The summed E-state index contributed by atoms with van der Waals surface area (Å²) in [6.07, 6.45) is 6.14. The highest BCUT2D eigenvalue weighted by Gasteiger charge is 2.08. The number of nitrogens with one attached hydrogen (secondary N) is 1. The molecule has 3 heteroatoms. The molecule has 17 heavy (non-hydrogen) atoms. The van der Waals surface area contributed by atoms with Crippen LogP contribution in [0, 0.1) is 12.3 Å². The van der Waals surface area contributed by atoms with Gasteiger partial charge < -0.3 is 10.1 Å². The van der Waals surface area contributed by atoms with E-state index in [0.29, 0.717) is 17.9 Å². The fraction of sp³-hybridized carbons (Fsp3) is 0.357. The average Bonchev–Trinajstić information content (AvgIpc) is 2.36. The Morgan fingerprint density at radius 2 is 2.35 bits per heavy atom. The van der Waals surface area contributed by atoms with Crippen LogP contribution in [0.2, 0.25) is 0 Å². The third kappa shape index (κ3) is 4.20. The number of hydrogen-bond donors (Lipinski definition) is 1. The van der Waals surface area contributed by atoms with Gasteiger partial charge in [-0.15, -0.1) is 6.42 Å². The molecule has 1 aromatic rings. The lowest BCUT2D eigenvalue weighted by Crippen LogP contribution is -2.31. The van der Waals surface area contributed by atoms with Crippen LogP contribution in [0.1, 0.15) is 30.6 Å². The van der Waals surface area contributed by atoms with Gasteiger partial charge in [-0.3, -0.25) is 4.79 Å². The number of benzene rings is 1. The Morgan fingerprint density at radius 3 is 3.00 bits per heavy atom. The summed E-state index contributed by atoms with van der Waals surface area (Å²) < 4.78 is 5.46. The Balaban J connectivity index is 2.71. The van der Waals surface area contributed by atoms with E-state index in [-0.39, 0.29) is 11.9 Å². The maximum Gasteiger partial charge on any atom is 0.252 e. The minimum absolute atomic E-state index is 0.183. The van der Waals surface area contributed by atoms with Crippen LogP contribution in [0.3, 0.4) is 0 Å². The quantitative estimate of drug-likeness (QED) is 0.789. The van der Waals surface area contributed by atoms with E-state index in [2.05, 4.69) is 11.2 Å². The maximum absolute atomic E-state index is 11.8. The summed E-state index contributed by atoms with van der Waals surface area (Å²) >= 11 is 0. The fourth-order valence-electron chi connectivity index (χ4n) is 1.27. The number of terminal acetylenes is 1. The Kier molecular flexibility index (Phi) is 5.09. The molecule has 0 spiro atoms. The molecule has 1 unspecified atom stereocenters. The van der Waals surface area contributed by atoms with Gasteiger partial charge in [-0.05, 0) is 31.5 Å². The van der Waals surface area contributed by atoms with E-state index in [1.54, 1.807) is 25.1 Å². The Morgan fingerprint density at radius 1 is 1.59 bits per heavy atom. The zero-order valence-electron chi connectivity index (χ0n) is 10.2.